The third-order valence-corrected chi connectivity index (χ3v) is 4.06. The molecular formula is C10H18N2S. The van der Waals surface area contributed by atoms with Crippen molar-refractivity contribution in [3.8, 4) is 0 Å². The number of hydrogen-bond donors (Lipinski definition) is 1. The van der Waals surface area contributed by atoms with E-state index in [2.05, 4.69) is 17.2 Å². The number of hydrogen-bond acceptors (Lipinski definition) is 3. The summed E-state index contributed by atoms with van der Waals surface area (Å²) in [6.07, 6.45) is 5.43. The van der Waals surface area contributed by atoms with Crippen molar-refractivity contribution >= 4 is 16.9 Å². The van der Waals surface area contributed by atoms with E-state index in [9.17, 15) is 0 Å². The Labute approximate surface area is 84.6 Å². The van der Waals surface area contributed by atoms with E-state index in [0.29, 0.717) is 5.41 Å². The van der Waals surface area contributed by atoms with E-state index in [1.807, 2.05) is 11.8 Å². The summed E-state index contributed by atoms with van der Waals surface area (Å²) in [5, 5.41) is 4.66. The van der Waals surface area contributed by atoms with Crippen LogP contribution in [-0.4, -0.2) is 24.0 Å². The molecule has 0 atom stereocenters. The fourth-order valence-electron chi connectivity index (χ4n) is 1.81. The molecule has 1 N–H and O–H groups in total. The molecule has 1 aliphatic carbocycles. The average molecular weight is 198 g/mol. The first kappa shape index (κ1) is 9.38. The number of nitrogens with zero attached hydrogens (tertiary/aromatic N) is 1. The molecule has 1 fully saturated rings. The van der Waals surface area contributed by atoms with Crippen LogP contribution >= 0.6 is 11.8 Å². The first-order valence-corrected chi connectivity index (χ1v) is 6.18. The van der Waals surface area contributed by atoms with Crippen LogP contribution in [0, 0.1) is 5.41 Å². The number of amidine groups is 1. The molecule has 3 heteroatoms. The molecular weight excluding hydrogens is 180 g/mol. The topological polar surface area (TPSA) is 24.4 Å². The number of nitrogens with one attached hydrogen (secondary N) is 1. The summed E-state index contributed by atoms with van der Waals surface area (Å²) in [6.45, 7) is 4.52. The van der Waals surface area contributed by atoms with Gasteiger partial charge in [-0.25, -0.2) is 0 Å². The summed E-state index contributed by atoms with van der Waals surface area (Å²) >= 11 is 1.88. The minimum absolute atomic E-state index is 0.570. The van der Waals surface area contributed by atoms with Crippen molar-refractivity contribution in [3.05, 3.63) is 0 Å². The molecule has 2 nitrogen and oxygen atoms in total. The molecule has 0 radical (unpaired) electrons. The molecule has 0 saturated heterocycles. The van der Waals surface area contributed by atoms with Crippen molar-refractivity contribution in [1.82, 2.24) is 5.32 Å². The lowest BCUT2D eigenvalue weighted by Crippen LogP contribution is -2.39. The first-order valence-electron chi connectivity index (χ1n) is 5.20. The van der Waals surface area contributed by atoms with Crippen LogP contribution in [0.2, 0.25) is 0 Å². The van der Waals surface area contributed by atoms with Crippen LogP contribution in [0.5, 0.6) is 0 Å². The van der Waals surface area contributed by atoms with Gasteiger partial charge in [-0.15, -0.1) is 0 Å². The smallest absolute Gasteiger partial charge is 0.156 e. The van der Waals surface area contributed by atoms with Crippen molar-refractivity contribution in [3.63, 3.8) is 0 Å². The molecule has 0 aromatic heterocycles. The molecule has 0 bridgehead atoms. The fraction of sp³-hybridized carbons (Fsp3) is 0.900. The maximum atomic E-state index is 4.46. The molecule has 1 aliphatic heterocycles. The van der Waals surface area contributed by atoms with Crippen LogP contribution in [-0.2, 0) is 0 Å². The minimum Gasteiger partial charge on any atom is -0.364 e. The molecule has 2 aliphatic rings. The van der Waals surface area contributed by atoms with Crippen LogP contribution in [0.3, 0.4) is 0 Å². The van der Waals surface area contributed by atoms with Gasteiger partial charge in [-0.05, 0) is 24.7 Å². The first-order chi connectivity index (χ1) is 6.29. The van der Waals surface area contributed by atoms with Crippen molar-refractivity contribution in [2.45, 2.75) is 32.6 Å². The lowest BCUT2D eigenvalue weighted by atomic mass is 9.70. The van der Waals surface area contributed by atoms with Gasteiger partial charge in [0.25, 0.3) is 0 Å². The van der Waals surface area contributed by atoms with Gasteiger partial charge < -0.3 is 5.32 Å². The normalized spacial score (nSPS) is 26.1. The van der Waals surface area contributed by atoms with E-state index in [0.717, 1.165) is 13.1 Å². The Balaban J connectivity index is 1.75. The zero-order valence-electron chi connectivity index (χ0n) is 8.31. The highest BCUT2D eigenvalue weighted by Crippen LogP contribution is 2.39. The van der Waals surface area contributed by atoms with Gasteiger partial charge in [0.05, 0.1) is 0 Å². The van der Waals surface area contributed by atoms with Crippen LogP contribution < -0.4 is 5.32 Å². The monoisotopic (exact) mass is 198 g/mol. The second-order valence-corrected chi connectivity index (χ2v) is 5.49. The van der Waals surface area contributed by atoms with Gasteiger partial charge in [0.1, 0.15) is 0 Å². The van der Waals surface area contributed by atoms with Crippen LogP contribution in [0.1, 0.15) is 32.6 Å². The fourth-order valence-corrected chi connectivity index (χ4v) is 2.64. The highest BCUT2D eigenvalue weighted by atomic mass is 32.2. The quantitative estimate of drug-likeness (QED) is 0.736. The molecule has 0 spiro atoms. The number of rotatable bonds is 2. The Hall–Kier alpha value is -0.180. The van der Waals surface area contributed by atoms with Crippen molar-refractivity contribution in [2.24, 2.45) is 10.4 Å². The maximum absolute atomic E-state index is 4.46. The molecule has 1 saturated carbocycles. The molecule has 1 heterocycles. The summed E-state index contributed by atoms with van der Waals surface area (Å²) in [4.78, 5) is 4.46. The van der Waals surface area contributed by atoms with E-state index >= 15 is 0 Å². The predicted octanol–water partition coefficient (Wildman–Crippen LogP) is 2.26. The molecule has 0 aromatic rings. The van der Waals surface area contributed by atoms with Crippen LogP contribution in [0.4, 0.5) is 0 Å². The lowest BCUT2D eigenvalue weighted by molar-refractivity contribution is 0.166. The largest absolute Gasteiger partial charge is 0.364 e. The lowest BCUT2D eigenvalue weighted by Gasteiger charge is -2.38. The van der Waals surface area contributed by atoms with E-state index in [1.165, 1.54) is 36.6 Å². The Morgan fingerprint density at radius 1 is 1.46 bits per heavy atom. The Bertz CT molecular complexity index is 209. The standard InChI is InChI=1S/C10H18N2S/c1-10(4-2-5-10)8-12-9-11-6-3-7-13-9/h2-8H2,1H3,(H,11,12). The van der Waals surface area contributed by atoms with Crippen LogP contribution in [0.15, 0.2) is 4.99 Å². The van der Waals surface area contributed by atoms with Gasteiger partial charge in [0.2, 0.25) is 0 Å². The summed E-state index contributed by atoms with van der Waals surface area (Å²) in [5.41, 5.74) is 0.570. The number of aliphatic imine (C=N–C) groups is 1. The second-order valence-electron chi connectivity index (χ2n) is 4.41. The SMILES string of the molecule is CC1(CNC2=NCCCS2)CCC1. The Morgan fingerprint density at radius 2 is 2.31 bits per heavy atom. The van der Waals surface area contributed by atoms with Crippen molar-refractivity contribution < 1.29 is 0 Å². The zero-order valence-corrected chi connectivity index (χ0v) is 9.12. The molecule has 74 valence electrons. The minimum atomic E-state index is 0.570. The van der Waals surface area contributed by atoms with E-state index < -0.39 is 0 Å². The highest BCUT2D eigenvalue weighted by molar-refractivity contribution is 8.13. The van der Waals surface area contributed by atoms with Gasteiger partial charge in [0.15, 0.2) is 5.17 Å². The average Bonchev–Trinajstić information content (AvgIpc) is 2.13. The van der Waals surface area contributed by atoms with Gasteiger partial charge in [-0.3, -0.25) is 4.99 Å². The van der Waals surface area contributed by atoms with Crippen molar-refractivity contribution in [2.75, 3.05) is 18.8 Å². The van der Waals surface area contributed by atoms with E-state index in [-0.39, 0.29) is 0 Å². The second kappa shape index (κ2) is 3.91. The van der Waals surface area contributed by atoms with Crippen LogP contribution in [0.25, 0.3) is 0 Å². The zero-order chi connectivity index (χ0) is 9.15. The van der Waals surface area contributed by atoms with Gasteiger partial charge in [0, 0.05) is 18.8 Å². The molecule has 0 amide bonds. The third-order valence-electron chi connectivity index (χ3n) is 3.02. The third kappa shape index (κ3) is 2.39. The summed E-state index contributed by atoms with van der Waals surface area (Å²) in [7, 11) is 0. The van der Waals surface area contributed by atoms with E-state index in [1.54, 1.807) is 0 Å². The van der Waals surface area contributed by atoms with Gasteiger partial charge in [-0.1, -0.05) is 25.1 Å². The molecule has 13 heavy (non-hydrogen) atoms. The highest BCUT2D eigenvalue weighted by Gasteiger charge is 2.31. The summed E-state index contributed by atoms with van der Waals surface area (Å²) in [6, 6.07) is 0. The summed E-state index contributed by atoms with van der Waals surface area (Å²) in [5.74, 6) is 1.24. The Kier molecular flexibility index (Phi) is 2.82. The van der Waals surface area contributed by atoms with Crippen molar-refractivity contribution in [1.29, 1.82) is 0 Å². The molecule has 2 rings (SSSR count). The number of thioether (sulfide) groups is 1. The van der Waals surface area contributed by atoms with E-state index in [4.69, 9.17) is 0 Å². The molecule has 0 aromatic carbocycles. The maximum Gasteiger partial charge on any atom is 0.156 e. The predicted molar refractivity (Wildman–Crippen MR) is 59.3 cm³/mol. The molecule has 0 unspecified atom stereocenters. The van der Waals surface area contributed by atoms with Gasteiger partial charge in [-0.2, -0.15) is 0 Å². The van der Waals surface area contributed by atoms with Gasteiger partial charge >= 0.3 is 0 Å². The Morgan fingerprint density at radius 3 is 2.85 bits per heavy atom. The summed E-state index contributed by atoms with van der Waals surface area (Å²) < 4.78 is 0.